The molecule has 0 aromatic heterocycles. The van der Waals surface area contributed by atoms with Crippen molar-refractivity contribution in [2.24, 2.45) is 5.92 Å². The Kier molecular flexibility index (Phi) is 4.63. The summed E-state index contributed by atoms with van der Waals surface area (Å²) in [5.74, 6) is -2.43. The summed E-state index contributed by atoms with van der Waals surface area (Å²) in [7, 11) is 0. The minimum absolute atomic E-state index is 0.0338. The third-order valence-electron chi connectivity index (χ3n) is 3.94. The highest BCUT2D eigenvalue weighted by Gasteiger charge is 2.45. The molecule has 2 heterocycles. The molecule has 0 spiro atoms. The highest BCUT2D eigenvalue weighted by atomic mass is 16.6. The Morgan fingerprint density at radius 3 is 2.22 bits per heavy atom. The van der Waals surface area contributed by atoms with Gasteiger partial charge in [0.2, 0.25) is 11.8 Å². The summed E-state index contributed by atoms with van der Waals surface area (Å²) >= 11 is 0. The lowest BCUT2D eigenvalue weighted by atomic mass is 9.94. The van der Waals surface area contributed by atoms with E-state index in [0.717, 1.165) is 4.90 Å². The lowest BCUT2D eigenvalue weighted by molar-refractivity contribution is -0.154. The van der Waals surface area contributed by atoms with Gasteiger partial charge in [-0.3, -0.25) is 24.2 Å². The van der Waals surface area contributed by atoms with Gasteiger partial charge in [-0.25, -0.2) is 4.79 Å². The average Bonchev–Trinajstić information content (AvgIpc) is 2.75. The topological polar surface area (TPSA) is 104 Å². The highest BCUT2D eigenvalue weighted by Crippen LogP contribution is 2.30. The average molecular weight is 326 g/mol. The molecule has 8 nitrogen and oxygen atoms in total. The van der Waals surface area contributed by atoms with Crippen LogP contribution in [0.3, 0.4) is 0 Å². The first-order valence-electron chi connectivity index (χ1n) is 7.67. The van der Waals surface area contributed by atoms with Crippen molar-refractivity contribution in [3.63, 3.8) is 0 Å². The SMILES string of the molecule is CC(C)(C)OC(=O)N1CCC(C(=O)O)CC1N1C(=O)CCC1=O. The first-order valence-corrected chi connectivity index (χ1v) is 7.67. The number of carbonyl (C=O) groups excluding carboxylic acids is 3. The maximum absolute atomic E-state index is 12.4. The van der Waals surface area contributed by atoms with Crippen LogP contribution in [-0.4, -0.2) is 57.1 Å². The van der Waals surface area contributed by atoms with Gasteiger partial charge < -0.3 is 9.84 Å². The number of nitrogens with zero attached hydrogens (tertiary/aromatic N) is 2. The van der Waals surface area contributed by atoms with Crippen molar-refractivity contribution in [3.8, 4) is 0 Å². The number of likely N-dealkylation sites (tertiary alicyclic amines) is 2. The molecule has 2 atom stereocenters. The monoisotopic (exact) mass is 326 g/mol. The summed E-state index contributed by atoms with van der Waals surface area (Å²) in [6.45, 7) is 5.29. The van der Waals surface area contributed by atoms with E-state index in [1.165, 1.54) is 4.90 Å². The predicted molar refractivity (Wildman–Crippen MR) is 78.2 cm³/mol. The van der Waals surface area contributed by atoms with E-state index in [2.05, 4.69) is 0 Å². The molecule has 2 aliphatic heterocycles. The molecule has 2 aliphatic rings. The van der Waals surface area contributed by atoms with Crippen LogP contribution in [0.2, 0.25) is 0 Å². The summed E-state index contributed by atoms with van der Waals surface area (Å²) in [6.07, 6.45) is -1.04. The van der Waals surface area contributed by atoms with Crippen LogP contribution < -0.4 is 0 Å². The quantitative estimate of drug-likeness (QED) is 0.764. The third-order valence-corrected chi connectivity index (χ3v) is 3.94. The molecule has 2 rings (SSSR count). The highest BCUT2D eigenvalue weighted by molar-refractivity contribution is 6.02. The first kappa shape index (κ1) is 17.2. The lowest BCUT2D eigenvalue weighted by Crippen LogP contribution is -2.58. The normalized spacial score (nSPS) is 25.7. The largest absolute Gasteiger partial charge is 0.481 e. The zero-order valence-electron chi connectivity index (χ0n) is 13.6. The fourth-order valence-corrected chi connectivity index (χ4v) is 2.87. The maximum atomic E-state index is 12.4. The van der Waals surface area contributed by atoms with Crippen LogP contribution in [0, 0.1) is 5.92 Å². The molecule has 1 N–H and O–H groups in total. The number of hydrogen-bond acceptors (Lipinski definition) is 5. The molecule has 2 unspecified atom stereocenters. The van der Waals surface area contributed by atoms with Crippen molar-refractivity contribution in [3.05, 3.63) is 0 Å². The molecule has 128 valence electrons. The Morgan fingerprint density at radius 1 is 1.17 bits per heavy atom. The van der Waals surface area contributed by atoms with Crippen molar-refractivity contribution >= 4 is 23.9 Å². The molecular weight excluding hydrogens is 304 g/mol. The standard InChI is InChI=1S/C15H22N2O6/c1-15(2,3)23-14(22)16-7-6-9(13(20)21)8-10(16)17-11(18)4-5-12(17)19/h9-10H,4-8H2,1-3H3,(H,20,21). The van der Waals surface area contributed by atoms with Crippen molar-refractivity contribution in [2.75, 3.05) is 6.54 Å². The van der Waals surface area contributed by atoms with Gasteiger partial charge in [0.05, 0.1) is 5.92 Å². The number of carboxylic acid groups (broad SMARTS) is 1. The zero-order valence-corrected chi connectivity index (χ0v) is 13.6. The van der Waals surface area contributed by atoms with Crippen LogP contribution in [0.25, 0.3) is 0 Å². The first-order chi connectivity index (χ1) is 10.6. The Balaban J connectivity index is 2.25. The van der Waals surface area contributed by atoms with Crippen molar-refractivity contribution in [2.45, 2.75) is 58.2 Å². The Bertz CT molecular complexity index is 523. The number of aliphatic carboxylic acids is 1. The van der Waals surface area contributed by atoms with E-state index in [-0.39, 0.29) is 44.0 Å². The van der Waals surface area contributed by atoms with Crippen molar-refractivity contribution in [1.29, 1.82) is 0 Å². The molecule has 2 fully saturated rings. The van der Waals surface area contributed by atoms with E-state index in [9.17, 15) is 24.3 Å². The van der Waals surface area contributed by atoms with E-state index < -0.39 is 29.7 Å². The van der Waals surface area contributed by atoms with Gasteiger partial charge in [0.1, 0.15) is 11.8 Å². The van der Waals surface area contributed by atoms with Gasteiger partial charge in [-0.1, -0.05) is 0 Å². The van der Waals surface area contributed by atoms with Crippen molar-refractivity contribution in [1.82, 2.24) is 9.80 Å². The second-order valence-corrected chi connectivity index (χ2v) is 6.87. The van der Waals surface area contributed by atoms with Crippen LogP contribution in [0.15, 0.2) is 0 Å². The predicted octanol–water partition coefficient (Wildman–Crippen LogP) is 1.19. The van der Waals surface area contributed by atoms with E-state index in [1.54, 1.807) is 20.8 Å². The molecule has 0 radical (unpaired) electrons. The van der Waals surface area contributed by atoms with Gasteiger partial charge in [-0.05, 0) is 27.2 Å². The molecule has 0 aromatic carbocycles. The van der Waals surface area contributed by atoms with Gasteiger partial charge in [0.25, 0.3) is 0 Å². The smallest absolute Gasteiger partial charge is 0.411 e. The number of rotatable bonds is 2. The minimum atomic E-state index is -0.988. The zero-order chi connectivity index (χ0) is 17.4. The molecule has 23 heavy (non-hydrogen) atoms. The Labute approximate surface area is 134 Å². The fourth-order valence-electron chi connectivity index (χ4n) is 2.87. The molecule has 3 amide bonds. The van der Waals surface area contributed by atoms with Gasteiger partial charge >= 0.3 is 12.1 Å². The number of imide groups is 1. The maximum Gasteiger partial charge on any atom is 0.411 e. The number of piperidine rings is 1. The molecule has 0 aromatic rings. The summed E-state index contributed by atoms with van der Waals surface area (Å²) < 4.78 is 5.32. The third kappa shape index (κ3) is 3.80. The van der Waals surface area contributed by atoms with Crippen LogP contribution in [0.1, 0.15) is 46.5 Å². The summed E-state index contributed by atoms with van der Waals surface area (Å²) in [5.41, 5.74) is -0.718. The minimum Gasteiger partial charge on any atom is -0.481 e. The van der Waals surface area contributed by atoms with Crippen LogP contribution in [0.5, 0.6) is 0 Å². The summed E-state index contributed by atoms with van der Waals surface area (Å²) in [4.78, 5) is 49.9. The summed E-state index contributed by atoms with van der Waals surface area (Å²) in [6, 6.07) is 0. The second-order valence-electron chi connectivity index (χ2n) is 6.87. The van der Waals surface area contributed by atoms with Gasteiger partial charge in [-0.2, -0.15) is 0 Å². The van der Waals surface area contributed by atoms with Gasteiger partial charge in [0, 0.05) is 25.8 Å². The number of hydrogen-bond donors (Lipinski definition) is 1. The van der Waals surface area contributed by atoms with Gasteiger partial charge in [-0.15, -0.1) is 0 Å². The van der Waals surface area contributed by atoms with E-state index in [4.69, 9.17) is 4.74 Å². The van der Waals surface area contributed by atoms with Gasteiger partial charge in [0.15, 0.2) is 0 Å². The van der Waals surface area contributed by atoms with E-state index in [0.29, 0.717) is 0 Å². The number of ether oxygens (including phenoxy) is 1. The molecule has 2 saturated heterocycles. The number of carbonyl (C=O) groups is 4. The van der Waals surface area contributed by atoms with E-state index >= 15 is 0 Å². The molecule has 0 bridgehead atoms. The van der Waals surface area contributed by atoms with Crippen LogP contribution >= 0.6 is 0 Å². The molecular formula is C15H22N2O6. The molecule has 8 heteroatoms. The lowest BCUT2D eigenvalue weighted by Gasteiger charge is -2.42. The molecule has 0 saturated carbocycles. The summed E-state index contributed by atoms with van der Waals surface area (Å²) in [5, 5.41) is 9.22. The Hall–Kier alpha value is -2.12. The van der Waals surface area contributed by atoms with Crippen LogP contribution in [0.4, 0.5) is 4.79 Å². The van der Waals surface area contributed by atoms with E-state index in [1.807, 2.05) is 0 Å². The second kappa shape index (κ2) is 6.17. The van der Waals surface area contributed by atoms with Crippen LogP contribution in [-0.2, 0) is 19.1 Å². The fraction of sp³-hybridized carbons (Fsp3) is 0.733. The Morgan fingerprint density at radius 2 is 1.74 bits per heavy atom. The number of carboxylic acids is 1. The molecule has 0 aliphatic carbocycles. The van der Waals surface area contributed by atoms with Crippen molar-refractivity contribution < 1.29 is 29.0 Å². The number of amides is 3.